The van der Waals surface area contributed by atoms with Crippen molar-refractivity contribution in [2.45, 2.75) is 50.6 Å². The van der Waals surface area contributed by atoms with Crippen LogP contribution in [0.3, 0.4) is 0 Å². The van der Waals surface area contributed by atoms with Gasteiger partial charge >= 0.3 is 0 Å². The second-order valence-electron chi connectivity index (χ2n) is 8.16. The van der Waals surface area contributed by atoms with E-state index in [1.165, 1.54) is 5.56 Å². The molecule has 2 aliphatic rings. The van der Waals surface area contributed by atoms with Crippen LogP contribution < -0.4 is 0 Å². The molecule has 0 aliphatic carbocycles. The van der Waals surface area contributed by atoms with Gasteiger partial charge in [-0.3, -0.25) is 9.59 Å². The largest absolute Gasteiger partial charge is 0.341 e. The summed E-state index contributed by atoms with van der Waals surface area (Å²) in [4.78, 5) is 31.1. The van der Waals surface area contributed by atoms with Gasteiger partial charge in [0, 0.05) is 38.6 Å². The Bertz CT molecular complexity index is 651. The first-order valence-electron chi connectivity index (χ1n) is 10.4. The average Bonchev–Trinajstić information content (AvgIpc) is 2.73. The molecule has 2 fully saturated rings. The maximum atomic E-state index is 12.8. The van der Waals surface area contributed by atoms with E-state index in [1.54, 1.807) is 6.92 Å². The van der Waals surface area contributed by atoms with Crippen molar-refractivity contribution in [3.8, 4) is 0 Å². The number of hydrogen-bond donors (Lipinski definition) is 0. The molecule has 3 rings (SSSR count). The van der Waals surface area contributed by atoms with Crippen molar-refractivity contribution in [2.75, 3.05) is 33.2 Å². The molecule has 0 N–H and O–H groups in total. The van der Waals surface area contributed by atoms with Crippen LogP contribution in [0.1, 0.15) is 38.2 Å². The van der Waals surface area contributed by atoms with Crippen LogP contribution in [0.2, 0.25) is 0 Å². The normalized spacial score (nSPS) is 20.8. The van der Waals surface area contributed by atoms with Gasteiger partial charge in [0.2, 0.25) is 11.8 Å². The summed E-state index contributed by atoms with van der Waals surface area (Å²) in [7, 11) is 1.91. The number of carbonyl (C=O) groups is 2. The summed E-state index contributed by atoms with van der Waals surface area (Å²) in [5.41, 5.74) is 1.17. The fourth-order valence-electron chi connectivity index (χ4n) is 4.46. The Hall–Kier alpha value is -1.59. The van der Waals surface area contributed by atoms with Crippen LogP contribution in [0, 0.1) is 5.92 Å². The van der Waals surface area contributed by atoms with E-state index in [-0.39, 0.29) is 17.7 Å². The quantitative estimate of drug-likeness (QED) is 0.707. The Morgan fingerprint density at radius 1 is 1.07 bits per heavy atom. The van der Waals surface area contributed by atoms with Gasteiger partial charge in [0.15, 0.2) is 0 Å². The molecule has 5 nitrogen and oxygen atoms in total. The summed E-state index contributed by atoms with van der Waals surface area (Å²) < 4.78 is 0. The number of rotatable bonds is 5. The van der Waals surface area contributed by atoms with Crippen molar-refractivity contribution in [1.82, 2.24) is 14.7 Å². The van der Waals surface area contributed by atoms with E-state index in [0.717, 1.165) is 51.9 Å². The molecule has 1 aromatic carbocycles. The lowest BCUT2D eigenvalue weighted by molar-refractivity contribution is -0.137. The van der Waals surface area contributed by atoms with Crippen LogP contribution in [0.25, 0.3) is 0 Å². The van der Waals surface area contributed by atoms with E-state index in [0.29, 0.717) is 12.6 Å². The molecule has 0 saturated carbocycles. The van der Waals surface area contributed by atoms with Gasteiger partial charge in [0.05, 0.1) is 0 Å². The highest BCUT2D eigenvalue weighted by Gasteiger charge is 2.33. The lowest BCUT2D eigenvalue weighted by Gasteiger charge is -2.42. The first-order chi connectivity index (χ1) is 13.5. The van der Waals surface area contributed by atoms with Gasteiger partial charge in [-0.25, -0.2) is 0 Å². The van der Waals surface area contributed by atoms with Crippen LogP contribution >= 0.6 is 11.6 Å². The SMILES string of the molecule is C[C@H](Cl)C(=O)N1CCC(N2CCC(C(=O)N(C)Cc3ccccc3)CC2)CC1. The number of halogens is 1. The summed E-state index contributed by atoms with van der Waals surface area (Å²) in [6.45, 7) is 5.94. The number of nitrogens with zero attached hydrogens (tertiary/aromatic N) is 3. The van der Waals surface area contributed by atoms with Gasteiger partial charge in [0.25, 0.3) is 0 Å². The summed E-state index contributed by atoms with van der Waals surface area (Å²) in [5, 5.41) is -0.439. The van der Waals surface area contributed by atoms with E-state index in [1.807, 2.05) is 35.0 Å². The van der Waals surface area contributed by atoms with Gasteiger partial charge in [0.1, 0.15) is 5.38 Å². The highest BCUT2D eigenvalue weighted by atomic mass is 35.5. The second kappa shape index (κ2) is 9.75. The van der Waals surface area contributed by atoms with E-state index in [9.17, 15) is 9.59 Å². The Kier molecular flexibility index (Phi) is 7.36. The second-order valence-corrected chi connectivity index (χ2v) is 8.82. The molecule has 2 amide bonds. The van der Waals surface area contributed by atoms with Crippen molar-refractivity contribution in [3.63, 3.8) is 0 Å². The minimum absolute atomic E-state index is 0.0471. The third-order valence-corrected chi connectivity index (χ3v) is 6.34. The molecule has 2 saturated heterocycles. The minimum atomic E-state index is -0.439. The van der Waals surface area contributed by atoms with Crippen LogP contribution in [0.4, 0.5) is 0 Å². The highest BCUT2D eigenvalue weighted by Crippen LogP contribution is 2.25. The Morgan fingerprint density at radius 2 is 1.68 bits per heavy atom. The molecule has 0 spiro atoms. The number of amides is 2. The van der Waals surface area contributed by atoms with Crippen molar-refractivity contribution in [1.29, 1.82) is 0 Å². The maximum Gasteiger partial charge on any atom is 0.240 e. The third-order valence-electron chi connectivity index (χ3n) is 6.15. The van der Waals surface area contributed by atoms with Gasteiger partial charge in [-0.2, -0.15) is 0 Å². The smallest absolute Gasteiger partial charge is 0.240 e. The fourth-order valence-corrected chi connectivity index (χ4v) is 4.60. The molecule has 2 aliphatic heterocycles. The van der Waals surface area contributed by atoms with E-state index in [2.05, 4.69) is 17.0 Å². The van der Waals surface area contributed by atoms with Crippen molar-refractivity contribution < 1.29 is 9.59 Å². The molecule has 1 atom stereocenters. The van der Waals surface area contributed by atoms with E-state index in [4.69, 9.17) is 11.6 Å². The molecule has 2 heterocycles. The van der Waals surface area contributed by atoms with Crippen LogP contribution in [0.5, 0.6) is 0 Å². The molecule has 28 heavy (non-hydrogen) atoms. The van der Waals surface area contributed by atoms with Gasteiger partial charge in [-0.15, -0.1) is 11.6 Å². The fraction of sp³-hybridized carbons (Fsp3) is 0.636. The standard InChI is InChI=1S/C22H32ClN3O2/c1-17(23)21(27)26-14-10-20(11-15-26)25-12-8-19(9-13-25)22(28)24(2)16-18-6-4-3-5-7-18/h3-7,17,19-20H,8-16H2,1-2H3/t17-/m0/s1. The lowest BCUT2D eigenvalue weighted by atomic mass is 9.92. The molecular formula is C22H32ClN3O2. The number of alkyl halides is 1. The number of carbonyl (C=O) groups excluding carboxylic acids is 2. The number of piperidine rings is 2. The van der Waals surface area contributed by atoms with Crippen LogP contribution in [-0.4, -0.2) is 71.2 Å². The van der Waals surface area contributed by atoms with Gasteiger partial charge < -0.3 is 14.7 Å². The Balaban J connectivity index is 1.43. The molecule has 0 aromatic heterocycles. The monoisotopic (exact) mass is 405 g/mol. The lowest BCUT2D eigenvalue weighted by Crippen LogP contribution is -2.51. The van der Waals surface area contributed by atoms with Crippen molar-refractivity contribution >= 4 is 23.4 Å². The first kappa shape index (κ1) is 21.1. The van der Waals surface area contributed by atoms with Gasteiger partial charge in [-0.1, -0.05) is 30.3 Å². The van der Waals surface area contributed by atoms with Crippen LogP contribution in [-0.2, 0) is 16.1 Å². The zero-order valence-corrected chi connectivity index (χ0v) is 17.8. The predicted octanol–water partition coefficient (Wildman–Crippen LogP) is 2.98. The maximum absolute atomic E-state index is 12.8. The summed E-state index contributed by atoms with van der Waals surface area (Å²) >= 11 is 5.93. The van der Waals surface area contributed by atoms with Crippen LogP contribution in [0.15, 0.2) is 30.3 Å². The zero-order valence-electron chi connectivity index (χ0n) is 17.0. The molecule has 6 heteroatoms. The van der Waals surface area contributed by atoms with Crippen molar-refractivity contribution in [3.05, 3.63) is 35.9 Å². The topological polar surface area (TPSA) is 43.9 Å². The zero-order chi connectivity index (χ0) is 20.1. The van der Waals surface area contributed by atoms with E-state index >= 15 is 0 Å². The Labute approximate surface area is 173 Å². The number of hydrogen-bond acceptors (Lipinski definition) is 3. The summed E-state index contributed by atoms with van der Waals surface area (Å²) in [6, 6.07) is 10.7. The summed E-state index contributed by atoms with van der Waals surface area (Å²) in [5.74, 6) is 0.439. The molecule has 1 aromatic rings. The molecular weight excluding hydrogens is 374 g/mol. The van der Waals surface area contributed by atoms with E-state index < -0.39 is 5.38 Å². The summed E-state index contributed by atoms with van der Waals surface area (Å²) in [6.07, 6.45) is 3.86. The molecule has 0 bridgehead atoms. The molecule has 154 valence electrons. The highest BCUT2D eigenvalue weighted by molar-refractivity contribution is 6.30. The third kappa shape index (κ3) is 5.26. The Morgan fingerprint density at radius 3 is 2.25 bits per heavy atom. The minimum Gasteiger partial charge on any atom is -0.341 e. The number of likely N-dealkylation sites (tertiary alicyclic amines) is 2. The first-order valence-corrected chi connectivity index (χ1v) is 10.8. The average molecular weight is 406 g/mol. The number of benzene rings is 1. The van der Waals surface area contributed by atoms with Crippen molar-refractivity contribution in [2.24, 2.45) is 5.92 Å². The molecule has 0 unspecified atom stereocenters. The predicted molar refractivity (Wildman–Crippen MR) is 112 cm³/mol. The molecule has 0 radical (unpaired) electrons. The van der Waals surface area contributed by atoms with Gasteiger partial charge in [-0.05, 0) is 51.3 Å².